The third-order valence-electron chi connectivity index (χ3n) is 4.43. The van der Waals surface area contributed by atoms with Gasteiger partial charge >= 0.3 is 12.0 Å². The van der Waals surface area contributed by atoms with Crippen LogP contribution < -0.4 is 0 Å². The molecule has 0 saturated carbocycles. The molecular formula is C15H26N2O3. The molecule has 2 heterocycles. The summed E-state index contributed by atoms with van der Waals surface area (Å²) in [6.07, 6.45) is 5.64. The number of carbonyl (C=O) groups excluding carboxylic acids is 2. The van der Waals surface area contributed by atoms with Crippen molar-refractivity contribution in [2.24, 2.45) is 5.92 Å². The molecule has 0 aromatic rings. The molecule has 2 rings (SSSR count). The summed E-state index contributed by atoms with van der Waals surface area (Å²) in [6, 6.07) is 0.131. The fraction of sp³-hybridized carbons (Fsp3) is 0.867. The fourth-order valence-electron chi connectivity index (χ4n) is 3.29. The van der Waals surface area contributed by atoms with Gasteiger partial charge in [-0.3, -0.25) is 4.79 Å². The lowest BCUT2D eigenvalue weighted by atomic mass is 9.98. The van der Waals surface area contributed by atoms with Crippen LogP contribution in [0.5, 0.6) is 0 Å². The average molecular weight is 282 g/mol. The Hall–Kier alpha value is -1.26. The van der Waals surface area contributed by atoms with Crippen LogP contribution in [-0.2, 0) is 9.53 Å². The van der Waals surface area contributed by atoms with E-state index in [1.165, 1.54) is 13.5 Å². The first-order valence-corrected chi connectivity index (χ1v) is 7.74. The van der Waals surface area contributed by atoms with E-state index in [1.807, 2.05) is 9.80 Å². The number of esters is 1. The highest BCUT2D eigenvalue weighted by atomic mass is 16.5. The SMILES string of the molecule is COC(=O)CC1CCCCN1C(=O)N1CCCC(C)C1. The van der Waals surface area contributed by atoms with Gasteiger partial charge in [0.15, 0.2) is 0 Å². The molecule has 0 N–H and O–H groups in total. The molecule has 2 saturated heterocycles. The topological polar surface area (TPSA) is 49.9 Å². The zero-order chi connectivity index (χ0) is 14.5. The van der Waals surface area contributed by atoms with Crippen molar-refractivity contribution in [3.05, 3.63) is 0 Å². The maximum Gasteiger partial charge on any atom is 0.320 e. The number of likely N-dealkylation sites (tertiary alicyclic amines) is 2. The molecule has 2 atom stereocenters. The van der Waals surface area contributed by atoms with Crippen LogP contribution >= 0.6 is 0 Å². The summed E-state index contributed by atoms with van der Waals surface area (Å²) in [4.78, 5) is 28.0. The Bertz CT molecular complexity index is 359. The molecule has 0 radical (unpaired) electrons. The van der Waals surface area contributed by atoms with Gasteiger partial charge in [-0.15, -0.1) is 0 Å². The maximum atomic E-state index is 12.7. The van der Waals surface area contributed by atoms with Gasteiger partial charge in [0.1, 0.15) is 0 Å². The van der Waals surface area contributed by atoms with Crippen molar-refractivity contribution in [2.75, 3.05) is 26.7 Å². The van der Waals surface area contributed by atoms with Crippen LogP contribution in [0.25, 0.3) is 0 Å². The van der Waals surface area contributed by atoms with Crippen LogP contribution in [0.4, 0.5) is 4.79 Å². The molecule has 20 heavy (non-hydrogen) atoms. The van der Waals surface area contributed by atoms with Gasteiger partial charge in [-0.25, -0.2) is 4.79 Å². The Morgan fingerprint density at radius 2 is 1.95 bits per heavy atom. The van der Waals surface area contributed by atoms with Gasteiger partial charge in [0, 0.05) is 25.7 Å². The molecule has 2 aliphatic heterocycles. The molecule has 5 heteroatoms. The standard InChI is InChI=1S/C15H26N2O3/c1-12-6-5-8-16(11-12)15(19)17-9-4-3-7-13(17)10-14(18)20-2/h12-13H,3-11H2,1-2H3. The van der Waals surface area contributed by atoms with Gasteiger partial charge in [-0.1, -0.05) is 6.92 Å². The van der Waals surface area contributed by atoms with Gasteiger partial charge < -0.3 is 14.5 Å². The number of urea groups is 1. The Labute approximate surface area is 121 Å². The normalized spacial score (nSPS) is 27.3. The van der Waals surface area contributed by atoms with Gasteiger partial charge in [-0.2, -0.15) is 0 Å². The minimum Gasteiger partial charge on any atom is -0.469 e. The van der Waals surface area contributed by atoms with E-state index in [4.69, 9.17) is 4.74 Å². The number of methoxy groups -OCH3 is 1. The number of hydrogen-bond donors (Lipinski definition) is 0. The van der Waals surface area contributed by atoms with Crippen molar-refractivity contribution in [3.8, 4) is 0 Å². The molecular weight excluding hydrogens is 256 g/mol. The van der Waals surface area contributed by atoms with Crippen molar-refractivity contribution in [1.82, 2.24) is 9.80 Å². The summed E-state index contributed by atoms with van der Waals surface area (Å²) >= 11 is 0. The van der Waals surface area contributed by atoms with Crippen LogP contribution in [-0.4, -0.2) is 54.6 Å². The van der Waals surface area contributed by atoms with Gasteiger partial charge in [0.05, 0.1) is 13.5 Å². The first kappa shape index (κ1) is 15.1. The number of piperidine rings is 2. The van der Waals surface area contributed by atoms with Gasteiger partial charge in [0.25, 0.3) is 0 Å². The monoisotopic (exact) mass is 282 g/mol. The summed E-state index contributed by atoms with van der Waals surface area (Å²) in [5.41, 5.74) is 0. The second-order valence-electron chi connectivity index (χ2n) is 6.10. The van der Waals surface area contributed by atoms with Crippen LogP contribution in [0.15, 0.2) is 0 Å². The fourth-order valence-corrected chi connectivity index (χ4v) is 3.29. The predicted molar refractivity (Wildman–Crippen MR) is 76.3 cm³/mol. The van der Waals surface area contributed by atoms with Crippen molar-refractivity contribution in [3.63, 3.8) is 0 Å². The zero-order valence-corrected chi connectivity index (χ0v) is 12.6. The van der Waals surface area contributed by atoms with E-state index in [9.17, 15) is 9.59 Å². The van der Waals surface area contributed by atoms with Crippen LogP contribution in [0.1, 0.15) is 45.4 Å². The number of hydrogen-bond acceptors (Lipinski definition) is 3. The van der Waals surface area contributed by atoms with E-state index in [2.05, 4.69) is 6.92 Å². The minimum absolute atomic E-state index is 0.0148. The molecule has 0 bridgehead atoms. The number of ether oxygens (including phenoxy) is 1. The van der Waals surface area contributed by atoms with Crippen LogP contribution in [0, 0.1) is 5.92 Å². The summed E-state index contributed by atoms with van der Waals surface area (Å²) in [5, 5.41) is 0. The first-order chi connectivity index (χ1) is 9.61. The Morgan fingerprint density at radius 3 is 2.65 bits per heavy atom. The first-order valence-electron chi connectivity index (χ1n) is 7.74. The van der Waals surface area contributed by atoms with Crippen LogP contribution in [0.2, 0.25) is 0 Å². The highest BCUT2D eigenvalue weighted by Crippen LogP contribution is 2.24. The minimum atomic E-state index is -0.221. The van der Waals surface area contributed by atoms with E-state index in [-0.39, 0.29) is 18.0 Å². The molecule has 0 spiro atoms. The average Bonchev–Trinajstić information content (AvgIpc) is 2.47. The quantitative estimate of drug-likeness (QED) is 0.730. The molecule has 0 aromatic carbocycles. The van der Waals surface area contributed by atoms with E-state index in [1.54, 1.807) is 0 Å². The summed E-state index contributed by atoms with van der Waals surface area (Å²) in [6.45, 7) is 4.66. The number of nitrogens with zero attached hydrogens (tertiary/aromatic N) is 2. The molecule has 2 unspecified atom stereocenters. The predicted octanol–water partition coefficient (Wildman–Crippen LogP) is 2.26. The third-order valence-corrected chi connectivity index (χ3v) is 4.43. The van der Waals surface area contributed by atoms with Crippen molar-refractivity contribution in [2.45, 2.75) is 51.5 Å². The highest BCUT2D eigenvalue weighted by Gasteiger charge is 2.32. The highest BCUT2D eigenvalue weighted by molar-refractivity contribution is 5.77. The summed E-state index contributed by atoms with van der Waals surface area (Å²) in [7, 11) is 1.41. The zero-order valence-electron chi connectivity index (χ0n) is 12.6. The van der Waals surface area contributed by atoms with E-state index in [0.29, 0.717) is 12.3 Å². The lowest BCUT2D eigenvalue weighted by molar-refractivity contribution is -0.142. The van der Waals surface area contributed by atoms with Crippen molar-refractivity contribution in [1.29, 1.82) is 0 Å². The van der Waals surface area contributed by atoms with Gasteiger partial charge in [-0.05, 0) is 38.0 Å². The van der Waals surface area contributed by atoms with E-state index in [0.717, 1.165) is 45.3 Å². The molecule has 114 valence electrons. The number of rotatable bonds is 2. The number of amides is 2. The molecule has 2 aliphatic rings. The van der Waals surface area contributed by atoms with Crippen molar-refractivity contribution >= 4 is 12.0 Å². The number of carbonyl (C=O) groups is 2. The molecule has 2 fully saturated rings. The summed E-state index contributed by atoms with van der Waals surface area (Å²) < 4.78 is 4.75. The Kier molecular flexibility index (Phi) is 5.26. The second-order valence-corrected chi connectivity index (χ2v) is 6.10. The lowest BCUT2D eigenvalue weighted by Gasteiger charge is -2.40. The van der Waals surface area contributed by atoms with E-state index >= 15 is 0 Å². The maximum absolute atomic E-state index is 12.7. The van der Waals surface area contributed by atoms with Gasteiger partial charge in [0.2, 0.25) is 0 Å². The lowest BCUT2D eigenvalue weighted by Crippen LogP contribution is -2.53. The van der Waals surface area contributed by atoms with Crippen molar-refractivity contribution < 1.29 is 14.3 Å². The van der Waals surface area contributed by atoms with Crippen LogP contribution in [0.3, 0.4) is 0 Å². The van der Waals surface area contributed by atoms with E-state index < -0.39 is 0 Å². The smallest absolute Gasteiger partial charge is 0.320 e. The Morgan fingerprint density at radius 1 is 1.15 bits per heavy atom. The summed E-state index contributed by atoms with van der Waals surface area (Å²) in [5.74, 6) is 0.359. The molecule has 5 nitrogen and oxygen atoms in total. The second kappa shape index (κ2) is 6.95. The molecule has 0 aromatic heterocycles. The third kappa shape index (κ3) is 3.64. The largest absolute Gasteiger partial charge is 0.469 e. The molecule has 2 amide bonds. The Balaban J connectivity index is 1.99. The molecule has 0 aliphatic carbocycles.